The van der Waals surface area contributed by atoms with Gasteiger partial charge in [-0.2, -0.15) is 23.5 Å². The van der Waals surface area contributed by atoms with Crippen LogP contribution in [-0.2, 0) is 13.6 Å². The first kappa shape index (κ1) is 26.4. The Morgan fingerprint density at radius 1 is 1.11 bits per heavy atom. The number of carbonyl (C=O) groups excluding carboxylic acids is 1. The molecule has 0 aliphatic heterocycles. The smallest absolute Gasteiger partial charge is 0.167 e. The van der Waals surface area contributed by atoms with Crippen LogP contribution in [0, 0.1) is 0 Å². The van der Waals surface area contributed by atoms with Gasteiger partial charge in [-0.05, 0) is 40.3 Å². The van der Waals surface area contributed by atoms with Crippen LogP contribution in [0.5, 0.6) is 0 Å². The van der Waals surface area contributed by atoms with Crippen molar-refractivity contribution in [3.8, 4) is 0 Å². The fourth-order valence-electron chi connectivity index (χ4n) is 3.40. The van der Waals surface area contributed by atoms with E-state index in [0.29, 0.717) is 34.2 Å². The molecule has 0 spiro atoms. The minimum Gasteiger partial charge on any atom is -0.379 e. The minimum atomic E-state index is -0.978. The number of carbonyl (C=O) groups is 1. The van der Waals surface area contributed by atoms with Crippen molar-refractivity contribution >= 4 is 58.5 Å². The van der Waals surface area contributed by atoms with Gasteiger partial charge in [-0.15, -0.1) is 11.3 Å². The summed E-state index contributed by atoms with van der Waals surface area (Å²) >= 11 is 4.20. The zero-order valence-corrected chi connectivity index (χ0v) is 23.3. The van der Waals surface area contributed by atoms with E-state index in [1.807, 2.05) is 56.1 Å². The highest BCUT2D eigenvalue weighted by molar-refractivity contribution is 7.95. The van der Waals surface area contributed by atoms with Gasteiger partial charge in [0.15, 0.2) is 11.9 Å². The Morgan fingerprint density at radius 2 is 1.78 bits per heavy atom. The molecule has 0 fully saturated rings. The third-order valence-electron chi connectivity index (χ3n) is 4.93. The third kappa shape index (κ3) is 5.82. The van der Waals surface area contributed by atoms with Crippen molar-refractivity contribution in [2.45, 2.75) is 12.6 Å². The molecule has 4 rings (SSSR count). The van der Waals surface area contributed by atoms with Crippen molar-refractivity contribution in [1.82, 2.24) is 41.5 Å². The van der Waals surface area contributed by atoms with Gasteiger partial charge in [0, 0.05) is 32.1 Å². The molecule has 0 saturated carbocycles. The number of hydrazone groups is 1. The highest BCUT2D eigenvalue weighted by Gasteiger charge is 2.24. The lowest BCUT2D eigenvalue weighted by atomic mass is 10.3. The van der Waals surface area contributed by atoms with E-state index in [4.69, 9.17) is 0 Å². The molecule has 36 heavy (non-hydrogen) atoms. The van der Waals surface area contributed by atoms with E-state index in [1.54, 1.807) is 43.3 Å². The fourth-order valence-corrected chi connectivity index (χ4v) is 5.69. The molecule has 1 N–H and O–H groups in total. The number of hydrogen-bond donors (Lipinski definition) is 1. The summed E-state index contributed by atoms with van der Waals surface area (Å²) in [7, 11) is 11.4. The van der Waals surface area contributed by atoms with Gasteiger partial charge in [0.05, 0.1) is 58.8 Å². The highest BCUT2D eigenvalue weighted by Crippen LogP contribution is 2.34. The molecule has 0 saturated heterocycles. The van der Waals surface area contributed by atoms with E-state index < -0.39 is 6.10 Å². The topological polar surface area (TPSA) is 113 Å². The summed E-state index contributed by atoms with van der Waals surface area (Å²) in [6.45, 7) is 0.504. The number of aliphatic hydroxyl groups excluding tert-OH is 1. The number of rotatable bonds is 11. The molecule has 0 bridgehead atoms. The van der Waals surface area contributed by atoms with Gasteiger partial charge in [0.2, 0.25) is 0 Å². The molecule has 1 atom stereocenters. The molecule has 4 heterocycles. The summed E-state index contributed by atoms with van der Waals surface area (Å²) in [5, 5.41) is 26.7. The van der Waals surface area contributed by atoms with E-state index in [2.05, 4.69) is 20.3 Å². The average Bonchev–Trinajstić information content (AvgIpc) is 3.57. The van der Waals surface area contributed by atoms with Crippen molar-refractivity contribution in [1.29, 1.82) is 0 Å². The number of hydrogen-bond acceptors (Lipinski definition) is 12. The first-order valence-electron chi connectivity index (χ1n) is 10.9. The van der Waals surface area contributed by atoms with Gasteiger partial charge in [-0.1, -0.05) is 0 Å². The fraction of sp³-hybridized carbons (Fsp3) is 0.381. The van der Waals surface area contributed by atoms with Crippen LogP contribution in [0.3, 0.4) is 0 Å². The lowest BCUT2D eigenvalue weighted by molar-refractivity contribution is 0.111. The summed E-state index contributed by atoms with van der Waals surface area (Å²) in [6.07, 6.45) is 5.17. The van der Waals surface area contributed by atoms with E-state index in [9.17, 15) is 9.90 Å². The maximum Gasteiger partial charge on any atom is 0.167 e. The van der Waals surface area contributed by atoms with Gasteiger partial charge in [0.1, 0.15) is 11.1 Å². The molecule has 4 aromatic rings. The monoisotopic (exact) mass is 548 g/mol. The Labute approximate surface area is 221 Å². The number of aldehydes is 1. The standard InChI is InChI=1S/C21H28N10O2S3/c1-26(2)35-30-9-7-14(24-30)12-28(5)22-11-15-17(13-32)29(6)20-19(15)34-21(23-20)18(33)16-8-10-31(25-16)36-27(3)4/h7-11,13,18,33H,12H2,1-6H3/b22-11-. The van der Waals surface area contributed by atoms with Gasteiger partial charge >= 0.3 is 0 Å². The molecular weight excluding hydrogens is 521 g/mol. The van der Waals surface area contributed by atoms with Gasteiger partial charge < -0.3 is 9.67 Å². The number of aliphatic hydroxyl groups is 1. The Balaban J connectivity index is 1.56. The van der Waals surface area contributed by atoms with E-state index in [0.717, 1.165) is 16.7 Å². The maximum atomic E-state index is 11.9. The van der Waals surface area contributed by atoms with Crippen LogP contribution in [0.2, 0.25) is 0 Å². The molecule has 0 radical (unpaired) electrons. The second-order valence-electron chi connectivity index (χ2n) is 8.28. The summed E-state index contributed by atoms with van der Waals surface area (Å²) in [4.78, 5) is 16.5. The normalized spacial score (nSPS) is 13.0. The summed E-state index contributed by atoms with van der Waals surface area (Å²) in [5.41, 5.74) is 3.11. The van der Waals surface area contributed by atoms with Gasteiger partial charge in [0.25, 0.3) is 0 Å². The minimum absolute atomic E-state index is 0.472. The number of thiazole rings is 1. The highest BCUT2D eigenvalue weighted by atomic mass is 32.2. The zero-order valence-electron chi connectivity index (χ0n) is 20.8. The van der Waals surface area contributed by atoms with Crippen molar-refractivity contribution in [3.63, 3.8) is 0 Å². The van der Waals surface area contributed by atoms with Crippen molar-refractivity contribution < 1.29 is 9.90 Å². The predicted molar refractivity (Wildman–Crippen MR) is 145 cm³/mol. The maximum absolute atomic E-state index is 11.9. The lowest BCUT2D eigenvalue weighted by Crippen LogP contribution is -2.12. The third-order valence-corrected chi connectivity index (χ3v) is 7.45. The first-order valence-corrected chi connectivity index (χ1v) is 13.1. The summed E-state index contributed by atoms with van der Waals surface area (Å²) in [6, 6.07) is 3.70. The predicted octanol–water partition coefficient (Wildman–Crippen LogP) is 2.33. The average molecular weight is 549 g/mol. The van der Waals surface area contributed by atoms with Crippen LogP contribution in [0.1, 0.15) is 38.6 Å². The van der Waals surface area contributed by atoms with Crippen LogP contribution in [0.25, 0.3) is 10.3 Å². The second kappa shape index (κ2) is 11.1. The molecule has 0 aliphatic carbocycles. The van der Waals surface area contributed by atoms with Crippen LogP contribution in [0.4, 0.5) is 0 Å². The Bertz CT molecular complexity index is 1370. The Morgan fingerprint density at radius 3 is 2.44 bits per heavy atom. The van der Waals surface area contributed by atoms with E-state index >= 15 is 0 Å². The number of aromatic nitrogens is 6. The van der Waals surface area contributed by atoms with Crippen molar-refractivity contribution in [3.05, 3.63) is 52.2 Å². The van der Waals surface area contributed by atoms with Crippen molar-refractivity contribution in [2.75, 3.05) is 35.2 Å². The molecule has 1 unspecified atom stereocenters. The van der Waals surface area contributed by atoms with Crippen LogP contribution >= 0.6 is 35.6 Å². The molecule has 0 aliphatic rings. The zero-order chi connectivity index (χ0) is 26.0. The first-order chi connectivity index (χ1) is 17.2. The Hall–Kier alpha value is -2.69. The number of nitrogens with zero attached hydrogens (tertiary/aromatic N) is 10. The SMILES string of the molecule is CN(Cc1ccn(SN(C)C)n1)/N=C\c1c(C=O)n(C)c2nc(C(O)c3ccn(SN(C)C)n3)sc12. The van der Waals surface area contributed by atoms with Gasteiger partial charge in [-0.3, -0.25) is 9.80 Å². The largest absolute Gasteiger partial charge is 0.379 e. The summed E-state index contributed by atoms with van der Waals surface area (Å²) in [5.74, 6) is 0. The van der Waals surface area contributed by atoms with E-state index in [-0.39, 0.29) is 0 Å². The van der Waals surface area contributed by atoms with Crippen molar-refractivity contribution in [2.24, 2.45) is 12.1 Å². The lowest BCUT2D eigenvalue weighted by Gasteiger charge is -2.11. The summed E-state index contributed by atoms with van der Waals surface area (Å²) < 4.78 is 9.81. The molecular formula is C21H28N10O2S3. The molecule has 0 aromatic carbocycles. The van der Waals surface area contributed by atoms with Crippen LogP contribution in [-0.4, -0.2) is 94.4 Å². The quantitative estimate of drug-likeness (QED) is 0.130. The second-order valence-corrected chi connectivity index (χ2v) is 11.9. The molecule has 192 valence electrons. The molecule has 4 aromatic heterocycles. The Kier molecular flexibility index (Phi) is 8.17. The number of fused-ring (bicyclic) bond motifs is 1. The van der Waals surface area contributed by atoms with Crippen LogP contribution < -0.4 is 0 Å². The van der Waals surface area contributed by atoms with E-state index in [1.165, 1.54) is 35.6 Å². The molecule has 15 heteroatoms. The molecule has 0 amide bonds. The molecule has 12 nitrogen and oxygen atoms in total. The van der Waals surface area contributed by atoms with Crippen LogP contribution in [0.15, 0.2) is 29.6 Å². The van der Waals surface area contributed by atoms with Gasteiger partial charge in [-0.25, -0.2) is 13.6 Å². The number of aryl methyl sites for hydroxylation is 1.